The van der Waals surface area contributed by atoms with E-state index in [0.717, 1.165) is 37.2 Å². The van der Waals surface area contributed by atoms with Gasteiger partial charge in [0, 0.05) is 18.0 Å². The summed E-state index contributed by atoms with van der Waals surface area (Å²) >= 11 is 1.57. The van der Waals surface area contributed by atoms with Crippen molar-refractivity contribution in [1.82, 2.24) is 16.0 Å². The van der Waals surface area contributed by atoms with Crippen molar-refractivity contribution in [1.29, 1.82) is 0 Å². The lowest BCUT2D eigenvalue weighted by Gasteiger charge is -2.08. The Morgan fingerprint density at radius 2 is 1.95 bits per heavy atom. The molecule has 1 aromatic rings. The van der Waals surface area contributed by atoms with Crippen molar-refractivity contribution in [2.45, 2.75) is 39.0 Å². The molecule has 122 valence electrons. The number of thiophene rings is 1. The van der Waals surface area contributed by atoms with E-state index in [0.29, 0.717) is 6.54 Å². The lowest BCUT2D eigenvalue weighted by Crippen LogP contribution is -2.39. The van der Waals surface area contributed by atoms with Crippen LogP contribution < -0.4 is 16.0 Å². The normalized spacial score (nSPS) is 13.5. The van der Waals surface area contributed by atoms with Crippen LogP contribution in [0.25, 0.3) is 0 Å². The van der Waals surface area contributed by atoms with Gasteiger partial charge in [-0.2, -0.15) is 0 Å². The van der Waals surface area contributed by atoms with Crippen LogP contribution >= 0.6 is 11.3 Å². The Bertz CT molecular complexity index is 490. The Balaban J connectivity index is 1.68. The summed E-state index contributed by atoms with van der Waals surface area (Å²) < 4.78 is 0. The van der Waals surface area contributed by atoms with Gasteiger partial charge in [0.15, 0.2) is 0 Å². The summed E-state index contributed by atoms with van der Waals surface area (Å²) in [6.07, 6.45) is 5.65. The fourth-order valence-corrected chi connectivity index (χ4v) is 3.67. The van der Waals surface area contributed by atoms with Crippen LogP contribution in [0.3, 0.4) is 0 Å². The van der Waals surface area contributed by atoms with Gasteiger partial charge < -0.3 is 16.0 Å². The molecule has 0 atom stereocenters. The largest absolute Gasteiger partial charge is 0.353 e. The molecule has 0 radical (unpaired) electrons. The van der Waals surface area contributed by atoms with Crippen LogP contribution in [0.1, 0.15) is 46.3 Å². The molecule has 3 N–H and O–H groups in total. The Labute approximate surface area is 135 Å². The first-order valence-corrected chi connectivity index (χ1v) is 8.89. The van der Waals surface area contributed by atoms with Crippen LogP contribution in [0, 0.1) is 0 Å². The number of fused-ring (bicyclic) bond motifs is 1. The van der Waals surface area contributed by atoms with E-state index in [4.69, 9.17) is 0 Å². The molecule has 2 rings (SSSR count). The van der Waals surface area contributed by atoms with Crippen molar-refractivity contribution in [3.63, 3.8) is 0 Å². The van der Waals surface area contributed by atoms with Gasteiger partial charge in [0.05, 0.1) is 11.4 Å². The number of rotatable bonds is 8. The third-order valence-corrected chi connectivity index (χ3v) is 4.92. The second-order valence-electron chi connectivity index (χ2n) is 5.55. The smallest absolute Gasteiger partial charge is 0.261 e. The molecule has 1 aromatic heterocycles. The summed E-state index contributed by atoms with van der Waals surface area (Å²) in [5, 5.41) is 8.69. The lowest BCUT2D eigenvalue weighted by molar-refractivity contribution is -0.120. The van der Waals surface area contributed by atoms with Gasteiger partial charge >= 0.3 is 0 Å². The monoisotopic (exact) mass is 323 g/mol. The van der Waals surface area contributed by atoms with Gasteiger partial charge in [-0.3, -0.25) is 9.59 Å². The van der Waals surface area contributed by atoms with Gasteiger partial charge in [-0.05, 0) is 50.3 Å². The zero-order valence-corrected chi connectivity index (χ0v) is 14.0. The molecule has 0 spiro atoms. The molecule has 5 nitrogen and oxygen atoms in total. The van der Waals surface area contributed by atoms with E-state index in [2.05, 4.69) is 22.9 Å². The topological polar surface area (TPSA) is 70.2 Å². The van der Waals surface area contributed by atoms with Gasteiger partial charge in [0.1, 0.15) is 0 Å². The van der Waals surface area contributed by atoms with Crippen molar-refractivity contribution in [3.8, 4) is 0 Å². The van der Waals surface area contributed by atoms with Crippen LogP contribution in [-0.2, 0) is 17.6 Å². The molecule has 0 saturated carbocycles. The number of amides is 2. The van der Waals surface area contributed by atoms with E-state index >= 15 is 0 Å². The van der Waals surface area contributed by atoms with Crippen molar-refractivity contribution < 1.29 is 9.59 Å². The zero-order valence-electron chi connectivity index (χ0n) is 13.2. The number of carbonyl (C=O) groups is 2. The minimum absolute atomic E-state index is 0.0369. The number of nitrogens with one attached hydrogen (secondary N) is 3. The van der Waals surface area contributed by atoms with Crippen molar-refractivity contribution in [3.05, 3.63) is 21.4 Å². The first kappa shape index (κ1) is 17.0. The molecule has 1 heterocycles. The van der Waals surface area contributed by atoms with Crippen LogP contribution in [0.5, 0.6) is 0 Å². The summed E-state index contributed by atoms with van der Waals surface area (Å²) in [6, 6.07) is 1.99. The Morgan fingerprint density at radius 3 is 2.73 bits per heavy atom. The van der Waals surface area contributed by atoms with Crippen LogP contribution in [0.4, 0.5) is 0 Å². The number of carbonyl (C=O) groups excluding carboxylic acids is 2. The maximum absolute atomic E-state index is 12.1. The SMILES string of the molecule is CCCNCCNC(=O)CNC(=O)c1cc2c(s1)CCCC2. The van der Waals surface area contributed by atoms with Crippen LogP contribution in [-0.4, -0.2) is 38.0 Å². The number of hydrogen-bond acceptors (Lipinski definition) is 4. The summed E-state index contributed by atoms with van der Waals surface area (Å²) in [7, 11) is 0. The van der Waals surface area contributed by atoms with Crippen molar-refractivity contribution >= 4 is 23.2 Å². The molecule has 22 heavy (non-hydrogen) atoms. The number of aryl methyl sites for hydroxylation is 2. The fourth-order valence-electron chi connectivity index (χ4n) is 2.50. The highest BCUT2D eigenvalue weighted by Gasteiger charge is 2.17. The molecule has 2 amide bonds. The Morgan fingerprint density at radius 1 is 1.14 bits per heavy atom. The first-order chi connectivity index (χ1) is 10.7. The summed E-state index contributed by atoms with van der Waals surface area (Å²) in [6.45, 7) is 4.43. The highest BCUT2D eigenvalue weighted by atomic mass is 32.1. The summed E-state index contributed by atoms with van der Waals surface area (Å²) in [5.74, 6) is -0.286. The van der Waals surface area contributed by atoms with Gasteiger partial charge in [-0.15, -0.1) is 11.3 Å². The fraction of sp³-hybridized carbons (Fsp3) is 0.625. The minimum Gasteiger partial charge on any atom is -0.353 e. The zero-order chi connectivity index (χ0) is 15.8. The molecular formula is C16H25N3O2S. The predicted molar refractivity (Wildman–Crippen MR) is 89.5 cm³/mol. The molecule has 0 unspecified atom stereocenters. The average molecular weight is 323 g/mol. The van der Waals surface area contributed by atoms with Crippen LogP contribution in [0.2, 0.25) is 0 Å². The molecule has 0 aromatic carbocycles. The van der Waals surface area contributed by atoms with E-state index in [-0.39, 0.29) is 18.4 Å². The highest BCUT2D eigenvalue weighted by Crippen LogP contribution is 2.29. The quantitative estimate of drug-likeness (QED) is 0.635. The third-order valence-electron chi connectivity index (χ3n) is 3.68. The molecular weight excluding hydrogens is 298 g/mol. The second kappa shape index (κ2) is 8.90. The molecule has 0 aliphatic heterocycles. The molecule has 6 heteroatoms. The first-order valence-electron chi connectivity index (χ1n) is 8.08. The molecule has 0 bridgehead atoms. The van der Waals surface area contributed by atoms with Gasteiger partial charge in [0.2, 0.25) is 5.91 Å². The average Bonchev–Trinajstić information content (AvgIpc) is 2.96. The van der Waals surface area contributed by atoms with E-state index in [9.17, 15) is 9.59 Å². The molecule has 0 saturated heterocycles. The summed E-state index contributed by atoms with van der Waals surface area (Å²) in [5.41, 5.74) is 1.31. The van der Waals surface area contributed by atoms with E-state index < -0.39 is 0 Å². The third kappa shape index (κ3) is 5.10. The minimum atomic E-state index is -0.145. The standard InChI is InChI=1S/C16H25N3O2S/c1-2-7-17-8-9-18-15(20)11-19-16(21)14-10-12-5-3-4-6-13(12)22-14/h10,17H,2-9,11H2,1H3,(H,18,20)(H,19,21). The van der Waals surface area contributed by atoms with E-state index in [1.807, 2.05) is 6.07 Å². The van der Waals surface area contributed by atoms with Gasteiger partial charge in [-0.25, -0.2) is 0 Å². The Kier molecular flexibility index (Phi) is 6.86. The molecule has 1 aliphatic carbocycles. The second-order valence-corrected chi connectivity index (χ2v) is 6.69. The summed E-state index contributed by atoms with van der Waals surface area (Å²) in [4.78, 5) is 25.8. The lowest BCUT2D eigenvalue weighted by atomic mass is 9.99. The Hall–Kier alpha value is -1.40. The maximum atomic E-state index is 12.1. The van der Waals surface area contributed by atoms with Crippen molar-refractivity contribution in [2.24, 2.45) is 0 Å². The van der Waals surface area contributed by atoms with E-state index in [1.165, 1.54) is 23.3 Å². The van der Waals surface area contributed by atoms with E-state index in [1.54, 1.807) is 11.3 Å². The molecule has 0 fully saturated rings. The van der Waals surface area contributed by atoms with Gasteiger partial charge in [0.25, 0.3) is 5.91 Å². The number of hydrogen-bond donors (Lipinski definition) is 3. The maximum Gasteiger partial charge on any atom is 0.261 e. The molecule has 1 aliphatic rings. The predicted octanol–water partition coefficient (Wildman–Crippen LogP) is 1.47. The highest BCUT2D eigenvalue weighted by molar-refractivity contribution is 7.14. The van der Waals surface area contributed by atoms with Crippen LogP contribution in [0.15, 0.2) is 6.07 Å². The van der Waals surface area contributed by atoms with Crippen molar-refractivity contribution in [2.75, 3.05) is 26.2 Å². The van der Waals surface area contributed by atoms with Gasteiger partial charge in [-0.1, -0.05) is 6.92 Å².